The van der Waals surface area contributed by atoms with E-state index in [1.165, 1.54) is 12.2 Å². The van der Waals surface area contributed by atoms with Crippen LogP contribution in [0.25, 0.3) is 17.4 Å². The fourth-order valence-corrected chi connectivity index (χ4v) is 3.40. The van der Waals surface area contributed by atoms with Crippen molar-refractivity contribution in [2.75, 3.05) is 10.6 Å². The number of carbonyl (C=O) groups is 2. The van der Waals surface area contributed by atoms with E-state index in [1.807, 2.05) is 0 Å². The topological polar surface area (TPSA) is 83.4 Å². The third kappa shape index (κ3) is 6.95. The Morgan fingerprint density at radius 1 is 0.969 bits per heavy atom. The lowest BCUT2D eigenvalue weighted by molar-refractivity contribution is -0.116. The number of hydrogen-bond acceptors (Lipinski definition) is 4. The van der Waals surface area contributed by atoms with E-state index < -0.39 is 5.91 Å². The average Bonchev–Trinajstić information content (AvgIpc) is 3.22. The van der Waals surface area contributed by atoms with Crippen LogP contribution in [0.1, 0.15) is 19.1 Å². The normalized spacial score (nSPS) is 10.7. The van der Waals surface area contributed by atoms with Crippen LogP contribution >= 0.6 is 35.4 Å². The number of carbonyl (C=O) groups excluding carboxylic acids is 2. The lowest BCUT2D eigenvalue weighted by Crippen LogP contribution is -2.32. The highest BCUT2D eigenvalue weighted by Gasteiger charge is 2.07. The summed E-state index contributed by atoms with van der Waals surface area (Å²) < 4.78 is 5.71. The summed E-state index contributed by atoms with van der Waals surface area (Å²) in [5, 5.41) is 9.36. The zero-order chi connectivity index (χ0) is 23.1. The van der Waals surface area contributed by atoms with Crippen molar-refractivity contribution < 1.29 is 14.0 Å². The smallest absolute Gasteiger partial charge is 0.250 e. The highest BCUT2D eigenvalue weighted by atomic mass is 35.5. The minimum atomic E-state index is -0.418. The van der Waals surface area contributed by atoms with Gasteiger partial charge in [-0.3, -0.25) is 14.9 Å². The second kappa shape index (κ2) is 10.9. The van der Waals surface area contributed by atoms with Gasteiger partial charge in [-0.25, -0.2) is 0 Å². The maximum Gasteiger partial charge on any atom is 0.250 e. The quantitative estimate of drug-likeness (QED) is 0.287. The second-order valence-corrected chi connectivity index (χ2v) is 7.90. The zero-order valence-corrected chi connectivity index (χ0v) is 19.3. The number of rotatable bonds is 6. The van der Waals surface area contributed by atoms with Gasteiger partial charge in [0.25, 0.3) is 0 Å². The summed E-state index contributed by atoms with van der Waals surface area (Å²) in [7, 11) is 0. The van der Waals surface area contributed by atoms with Crippen LogP contribution in [0, 0.1) is 0 Å². The van der Waals surface area contributed by atoms with Crippen molar-refractivity contribution in [3.05, 3.63) is 76.5 Å². The van der Waals surface area contributed by atoms with Gasteiger partial charge in [-0.1, -0.05) is 30.1 Å². The largest absolute Gasteiger partial charge is 0.457 e. The summed E-state index contributed by atoms with van der Waals surface area (Å²) in [6.45, 7) is 1.78. The molecule has 0 saturated carbocycles. The van der Waals surface area contributed by atoms with E-state index in [4.69, 9.17) is 39.8 Å². The first-order chi connectivity index (χ1) is 15.3. The predicted molar refractivity (Wildman–Crippen MR) is 133 cm³/mol. The fourth-order valence-electron chi connectivity index (χ4n) is 2.65. The first kappa shape index (κ1) is 23.5. The predicted octanol–water partition coefficient (Wildman–Crippen LogP) is 6.13. The molecule has 0 aliphatic heterocycles. The summed E-state index contributed by atoms with van der Waals surface area (Å²) in [5.41, 5.74) is 2.08. The lowest BCUT2D eigenvalue weighted by atomic mass is 10.2. The van der Waals surface area contributed by atoms with Crippen LogP contribution in [0.4, 0.5) is 11.4 Å². The summed E-state index contributed by atoms with van der Waals surface area (Å²) in [6, 6.07) is 15.6. The molecule has 0 radical (unpaired) electrons. The fraction of sp³-hybridized carbons (Fsp3) is 0.0870. The second-order valence-electron chi connectivity index (χ2n) is 6.62. The molecule has 9 heteroatoms. The molecule has 0 fully saturated rings. The van der Waals surface area contributed by atoms with Gasteiger partial charge in [0.2, 0.25) is 11.8 Å². The molecule has 0 aliphatic carbocycles. The van der Waals surface area contributed by atoms with Crippen molar-refractivity contribution >= 4 is 69.8 Å². The van der Waals surface area contributed by atoms with Crippen molar-refractivity contribution in [2.24, 2.45) is 0 Å². The molecule has 2 amide bonds. The van der Waals surface area contributed by atoms with Gasteiger partial charge in [0.15, 0.2) is 5.11 Å². The molecule has 6 nitrogen and oxygen atoms in total. The molecule has 0 spiro atoms. The molecule has 1 aromatic heterocycles. The van der Waals surface area contributed by atoms with Gasteiger partial charge < -0.3 is 15.1 Å². The van der Waals surface area contributed by atoms with E-state index in [9.17, 15) is 9.59 Å². The molecule has 0 unspecified atom stereocenters. The Bertz CT molecular complexity index is 1150. The molecule has 2 aromatic carbocycles. The molecule has 3 N–H and O–H groups in total. The summed E-state index contributed by atoms with van der Waals surface area (Å²) in [5.74, 6) is 0.568. The van der Waals surface area contributed by atoms with Crippen LogP contribution in [0.2, 0.25) is 10.0 Å². The van der Waals surface area contributed by atoms with Gasteiger partial charge in [0.1, 0.15) is 11.5 Å². The molecule has 32 heavy (non-hydrogen) atoms. The van der Waals surface area contributed by atoms with Crippen LogP contribution in [-0.2, 0) is 9.59 Å². The zero-order valence-electron chi connectivity index (χ0n) is 16.9. The Kier molecular flexibility index (Phi) is 8.05. The number of anilines is 2. The Labute approximate surface area is 200 Å². The van der Waals surface area contributed by atoms with Gasteiger partial charge in [-0.05, 0) is 72.9 Å². The molecule has 3 aromatic rings. The highest BCUT2D eigenvalue weighted by molar-refractivity contribution is 7.80. The Balaban J connectivity index is 1.53. The van der Waals surface area contributed by atoms with Gasteiger partial charge in [-0.2, -0.15) is 0 Å². The standard InChI is InChI=1S/C23H19Cl2N3O3S/c1-2-21(29)26-17-3-5-18(6-4-17)27-23(32)28-22(30)10-8-19-7-9-20(31-19)14-11-15(24)13-16(25)12-14/h3-13H,2H2,1H3,(H,26,29)(H2,27,28,30,32)/b10-8+. The van der Waals surface area contributed by atoms with E-state index in [0.29, 0.717) is 39.4 Å². The molecular formula is C23H19Cl2N3O3S. The molecule has 0 aliphatic rings. The summed E-state index contributed by atoms with van der Waals surface area (Å²) in [4.78, 5) is 23.6. The average molecular weight is 488 g/mol. The minimum Gasteiger partial charge on any atom is -0.457 e. The van der Waals surface area contributed by atoms with E-state index in [0.717, 1.165) is 5.56 Å². The van der Waals surface area contributed by atoms with Crippen LogP contribution in [0.5, 0.6) is 0 Å². The summed E-state index contributed by atoms with van der Waals surface area (Å²) >= 11 is 17.2. The Hall–Kier alpha value is -3.13. The van der Waals surface area contributed by atoms with Crippen molar-refractivity contribution in [1.29, 1.82) is 0 Å². The van der Waals surface area contributed by atoms with Crippen LogP contribution in [0.15, 0.2) is 65.1 Å². The number of furan rings is 1. The number of thiocarbonyl (C=S) groups is 1. The molecule has 0 bridgehead atoms. The third-order valence-electron chi connectivity index (χ3n) is 4.16. The number of benzene rings is 2. The minimum absolute atomic E-state index is 0.0691. The number of halogens is 2. The van der Waals surface area contributed by atoms with Crippen LogP contribution in [-0.4, -0.2) is 16.9 Å². The number of amides is 2. The van der Waals surface area contributed by atoms with Crippen LogP contribution in [0.3, 0.4) is 0 Å². The van der Waals surface area contributed by atoms with E-state index in [-0.39, 0.29) is 11.0 Å². The monoisotopic (exact) mass is 487 g/mol. The number of hydrogen-bond donors (Lipinski definition) is 3. The highest BCUT2D eigenvalue weighted by Crippen LogP contribution is 2.28. The maximum absolute atomic E-state index is 12.1. The molecule has 164 valence electrons. The number of nitrogens with one attached hydrogen (secondary N) is 3. The maximum atomic E-state index is 12.1. The lowest BCUT2D eigenvalue weighted by Gasteiger charge is -2.09. The Morgan fingerprint density at radius 3 is 2.22 bits per heavy atom. The van der Waals surface area contributed by atoms with E-state index in [1.54, 1.807) is 61.5 Å². The van der Waals surface area contributed by atoms with Crippen molar-refractivity contribution in [2.45, 2.75) is 13.3 Å². The summed E-state index contributed by atoms with van der Waals surface area (Å²) in [6.07, 6.45) is 3.24. The third-order valence-corrected chi connectivity index (χ3v) is 4.80. The Morgan fingerprint density at radius 2 is 1.59 bits per heavy atom. The molecule has 1 heterocycles. The van der Waals surface area contributed by atoms with E-state index >= 15 is 0 Å². The van der Waals surface area contributed by atoms with E-state index in [2.05, 4.69) is 16.0 Å². The van der Waals surface area contributed by atoms with Gasteiger partial charge in [0, 0.05) is 39.5 Å². The molecule has 3 rings (SSSR count). The van der Waals surface area contributed by atoms with Crippen molar-refractivity contribution in [1.82, 2.24) is 5.32 Å². The molecule has 0 saturated heterocycles. The first-order valence-corrected chi connectivity index (χ1v) is 10.7. The van der Waals surface area contributed by atoms with Crippen molar-refractivity contribution in [3.63, 3.8) is 0 Å². The SMILES string of the molecule is CCC(=O)Nc1ccc(NC(=S)NC(=O)/C=C/c2ccc(-c3cc(Cl)cc(Cl)c3)o2)cc1. The van der Waals surface area contributed by atoms with Gasteiger partial charge in [0.05, 0.1) is 0 Å². The van der Waals surface area contributed by atoms with Crippen molar-refractivity contribution in [3.8, 4) is 11.3 Å². The first-order valence-electron chi connectivity index (χ1n) is 9.58. The van der Waals surface area contributed by atoms with Gasteiger partial charge in [-0.15, -0.1) is 0 Å². The molecule has 0 atom stereocenters. The van der Waals surface area contributed by atoms with Gasteiger partial charge >= 0.3 is 0 Å². The van der Waals surface area contributed by atoms with Crippen LogP contribution < -0.4 is 16.0 Å². The molecular weight excluding hydrogens is 469 g/mol.